The summed E-state index contributed by atoms with van der Waals surface area (Å²) in [5, 5.41) is 10.3. The number of morpholine rings is 1. The highest BCUT2D eigenvalue weighted by Gasteiger charge is 2.19. The Morgan fingerprint density at radius 1 is 1.14 bits per heavy atom. The van der Waals surface area contributed by atoms with Gasteiger partial charge in [0.25, 0.3) is 0 Å². The van der Waals surface area contributed by atoms with Gasteiger partial charge in [-0.2, -0.15) is 0 Å². The fraction of sp³-hybridized carbons (Fsp3) is 0.500. The van der Waals surface area contributed by atoms with Gasteiger partial charge in [-0.05, 0) is 12.1 Å². The topological polar surface area (TPSA) is 43.2 Å². The Morgan fingerprint density at radius 3 is 2.55 bits per heavy atom. The number of benzene rings is 1. The summed E-state index contributed by atoms with van der Waals surface area (Å²) in [6.45, 7) is 8.67. The second-order valence-corrected chi connectivity index (χ2v) is 7.17. The minimum absolute atomic E-state index is 0.475. The lowest BCUT2D eigenvalue weighted by Crippen LogP contribution is -2.36. The fourth-order valence-electron chi connectivity index (χ4n) is 2.49. The van der Waals surface area contributed by atoms with E-state index in [4.69, 9.17) is 4.74 Å². The first-order chi connectivity index (χ1) is 10.7. The molecule has 2 aromatic rings. The van der Waals surface area contributed by atoms with Crippen LogP contribution >= 0.6 is 11.8 Å². The molecule has 0 unspecified atom stereocenters. The largest absolute Gasteiger partial charge is 0.379 e. The summed E-state index contributed by atoms with van der Waals surface area (Å²) in [6, 6.07) is 10.4. The molecule has 1 aliphatic heterocycles. The lowest BCUT2D eigenvalue weighted by atomic mass is 10.3. The highest BCUT2D eigenvalue weighted by molar-refractivity contribution is 7.99. The van der Waals surface area contributed by atoms with Crippen molar-refractivity contribution in [2.24, 2.45) is 0 Å². The highest BCUT2D eigenvalue weighted by Crippen LogP contribution is 2.25. The van der Waals surface area contributed by atoms with E-state index in [2.05, 4.69) is 57.8 Å². The molecule has 1 saturated heterocycles. The van der Waals surface area contributed by atoms with Gasteiger partial charge in [-0.1, -0.05) is 43.8 Å². The van der Waals surface area contributed by atoms with E-state index in [0.29, 0.717) is 5.25 Å². The molecular formula is C16H22N4OS. The summed E-state index contributed by atoms with van der Waals surface area (Å²) in [4.78, 5) is 2.37. The van der Waals surface area contributed by atoms with Gasteiger partial charge < -0.3 is 4.74 Å². The van der Waals surface area contributed by atoms with Gasteiger partial charge in [0.2, 0.25) is 0 Å². The maximum atomic E-state index is 5.42. The van der Waals surface area contributed by atoms with Crippen molar-refractivity contribution in [3.63, 3.8) is 0 Å². The second-order valence-electron chi connectivity index (χ2n) is 5.62. The molecule has 0 aliphatic carbocycles. The Morgan fingerprint density at radius 2 is 1.86 bits per heavy atom. The molecule has 0 amide bonds. The first-order valence-electron chi connectivity index (χ1n) is 7.70. The Labute approximate surface area is 135 Å². The van der Waals surface area contributed by atoms with Crippen molar-refractivity contribution in [1.82, 2.24) is 19.7 Å². The fourth-order valence-corrected chi connectivity index (χ4v) is 3.31. The van der Waals surface area contributed by atoms with Crippen LogP contribution in [-0.2, 0) is 11.3 Å². The summed E-state index contributed by atoms with van der Waals surface area (Å²) in [5.41, 5.74) is 1.12. The van der Waals surface area contributed by atoms with Crippen molar-refractivity contribution in [3.8, 4) is 5.69 Å². The molecule has 1 aliphatic rings. The lowest BCUT2D eigenvalue weighted by molar-refractivity contribution is 0.0328. The van der Waals surface area contributed by atoms with E-state index in [-0.39, 0.29) is 0 Å². The van der Waals surface area contributed by atoms with Gasteiger partial charge in [0, 0.05) is 24.0 Å². The normalized spacial score (nSPS) is 16.3. The molecule has 6 heteroatoms. The molecule has 0 N–H and O–H groups in total. The molecular weight excluding hydrogens is 296 g/mol. The molecule has 2 heterocycles. The lowest BCUT2D eigenvalue weighted by Gasteiger charge is -2.26. The molecule has 118 valence electrons. The standard InChI is InChI=1S/C16H22N4OS/c1-13(2)22-16-18-17-15(12-19-8-10-21-11-9-19)20(16)14-6-4-3-5-7-14/h3-7,13H,8-12H2,1-2H3. The number of hydrogen-bond acceptors (Lipinski definition) is 5. The van der Waals surface area contributed by atoms with Crippen LogP contribution in [0.15, 0.2) is 35.5 Å². The third kappa shape index (κ3) is 3.69. The molecule has 0 bridgehead atoms. The number of hydrogen-bond donors (Lipinski definition) is 0. The molecule has 22 heavy (non-hydrogen) atoms. The number of ether oxygens (including phenoxy) is 1. The van der Waals surface area contributed by atoms with Crippen LogP contribution in [0.2, 0.25) is 0 Å². The third-order valence-electron chi connectivity index (χ3n) is 3.52. The molecule has 1 fully saturated rings. The van der Waals surface area contributed by atoms with Gasteiger partial charge in [0.1, 0.15) is 0 Å². The SMILES string of the molecule is CC(C)Sc1nnc(CN2CCOCC2)n1-c1ccccc1. The van der Waals surface area contributed by atoms with Gasteiger partial charge in [0.05, 0.1) is 19.8 Å². The van der Waals surface area contributed by atoms with Crippen LogP contribution < -0.4 is 0 Å². The Balaban J connectivity index is 1.90. The number of aromatic nitrogens is 3. The Hall–Kier alpha value is -1.37. The minimum Gasteiger partial charge on any atom is -0.379 e. The van der Waals surface area contributed by atoms with Gasteiger partial charge in [-0.15, -0.1) is 10.2 Å². The molecule has 5 nitrogen and oxygen atoms in total. The zero-order chi connectivity index (χ0) is 15.4. The first kappa shape index (κ1) is 15.5. The maximum Gasteiger partial charge on any atom is 0.196 e. The van der Waals surface area contributed by atoms with E-state index in [9.17, 15) is 0 Å². The van der Waals surface area contributed by atoms with Gasteiger partial charge in [0.15, 0.2) is 11.0 Å². The smallest absolute Gasteiger partial charge is 0.196 e. The van der Waals surface area contributed by atoms with Crippen molar-refractivity contribution in [3.05, 3.63) is 36.2 Å². The number of rotatable bonds is 5. The van der Waals surface area contributed by atoms with E-state index >= 15 is 0 Å². The second kappa shape index (κ2) is 7.26. The van der Waals surface area contributed by atoms with Crippen LogP contribution in [0.3, 0.4) is 0 Å². The van der Waals surface area contributed by atoms with Gasteiger partial charge >= 0.3 is 0 Å². The average molecular weight is 318 g/mol. The minimum atomic E-state index is 0.475. The van der Waals surface area contributed by atoms with Crippen LogP contribution in [0.4, 0.5) is 0 Å². The van der Waals surface area contributed by atoms with Gasteiger partial charge in [-0.25, -0.2) is 0 Å². The van der Waals surface area contributed by atoms with Crippen LogP contribution in [-0.4, -0.2) is 51.2 Å². The predicted molar refractivity (Wildman–Crippen MR) is 88.4 cm³/mol. The van der Waals surface area contributed by atoms with E-state index in [1.54, 1.807) is 11.8 Å². The molecule has 0 atom stereocenters. The summed E-state index contributed by atoms with van der Waals surface area (Å²) in [5.74, 6) is 0.997. The van der Waals surface area contributed by atoms with Crippen LogP contribution in [0, 0.1) is 0 Å². The van der Waals surface area contributed by atoms with E-state index in [1.165, 1.54) is 0 Å². The summed E-state index contributed by atoms with van der Waals surface area (Å²) >= 11 is 1.75. The molecule has 0 saturated carbocycles. The summed E-state index contributed by atoms with van der Waals surface area (Å²) < 4.78 is 7.60. The predicted octanol–water partition coefficient (Wildman–Crippen LogP) is 2.60. The van der Waals surface area contributed by atoms with Crippen LogP contribution in [0.5, 0.6) is 0 Å². The first-order valence-corrected chi connectivity index (χ1v) is 8.58. The number of thioether (sulfide) groups is 1. The zero-order valence-corrected chi connectivity index (χ0v) is 13.9. The molecule has 0 spiro atoms. The van der Waals surface area contributed by atoms with Crippen molar-refractivity contribution >= 4 is 11.8 Å². The maximum absolute atomic E-state index is 5.42. The van der Waals surface area contributed by atoms with Crippen molar-refractivity contribution < 1.29 is 4.74 Å². The zero-order valence-electron chi connectivity index (χ0n) is 13.1. The summed E-state index contributed by atoms with van der Waals surface area (Å²) in [6.07, 6.45) is 0. The van der Waals surface area contributed by atoms with E-state index < -0.39 is 0 Å². The summed E-state index contributed by atoms with van der Waals surface area (Å²) in [7, 11) is 0. The van der Waals surface area contributed by atoms with Crippen molar-refractivity contribution in [2.75, 3.05) is 26.3 Å². The van der Waals surface area contributed by atoms with Crippen molar-refractivity contribution in [1.29, 1.82) is 0 Å². The van der Waals surface area contributed by atoms with Crippen LogP contribution in [0.25, 0.3) is 5.69 Å². The molecule has 1 aromatic carbocycles. The van der Waals surface area contributed by atoms with Crippen LogP contribution in [0.1, 0.15) is 19.7 Å². The van der Waals surface area contributed by atoms with Crippen molar-refractivity contribution in [2.45, 2.75) is 30.8 Å². The Kier molecular flexibility index (Phi) is 5.12. The Bertz CT molecular complexity index is 593. The molecule has 0 radical (unpaired) electrons. The van der Waals surface area contributed by atoms with E-state index in [1.807, 2.05) is 6.07 Å². The molecule has 3 rings (SSSR count). The third-order valence-corrected chi connectivity index (χ3v) is 4.47. The quantitative estimate of drug-likeness (QED) is 0.793. The monoisotopic (exact) mass is 318 g/mol. The average Bonchev–Trinajstić information content (AvgIpc) is 2.91. The molecule has 1 aromatic heterocycles. The number of nitrogens with zero attached hydrogens (tertiary/aromatic N) is 4. The number of para-hydroxylation sites is 1. The van der Waals surface area contributed by atoms with Gasteiger partial charge in [-0.3, -0.25) is 9.47 Å². The van der Waals surface area contributed by atoms with E-state index in [0.717, 1.165) is 49.5 Å². The highest BCUT2D eigenvalue weighted by atomic mass is 32.2.